The van der Waals surface area contributed by atoms with Crippen molar-refractivity contribution in [1.82, 2.24) is 4.90 Å². The molecule has 0 radical (unpaired) electrons. The average molecular weight is 293 g/mol. The summed E-state index contributed by atoms with van der Waals surface area (Å²) in [6.07, 6.45) is 15.2. The normalized spacial score (nSPS) is 21.6. The van der Waals surface area contributed by atoms with Crippen LogP contribution in [-0.4, -0.2) is 34.6 Å². The summed E-state index contributed by atoms with van der Waals surface area (Å²) in [5, 5.41) is 8.93. The smallest absolute Gasteiger partial charge is 0.330 e. The van der Waals surface area contributed by atoms with E-state index in [2.05, 4.69) is 11.5 Å². The Morgan fingerprint density at radius 3 is 1.86 bits per heavy atom. The van der Waals surface area contributed by atoms with E-state index in [1.807, 2.05) is 0 Å². The summed E-state index contributed by atoms with van der Waals surface area (Å²) in [6, 6.07) is 1.50. The van der Waals surface area contributed by atoms with Gasteiger partial charge in [0.1, 0.15) is 0 Å². The van der Waals surface area contributed by atoms with Gasteiger partial charge in [0.25, 0.3) is 0 Å². The number of aliphatic carboxylic acids is 1. The monoisotopic (exact) mass is 293 g/mol. The Labute approximate surface area is 129 Å². The van der Waals surface area contributed by atoms with Gasteiger partial charge in [0.15, 0.2) is 0 Å². The zero-order valence-electron chi connectivity index (χ0n) is 13.4. The molecule has 0 saturated heterocycles. The van der Waals surface area contributed by atoms with E-state index in [-0.39, 0.29) is 0 Å². The van der Waals surface area contributed by atoms with Gasteiger partial charge >= 0.3 is 5.97 Å². The van der Waals surface area contributed by atoms with Crippen molar-refractivity contribution in [3.63, 3.8) is 0 Å². The van der Waals surface area contributed by atoms with Crippen LogP contribution in [0, 0.1) is 0 Å². The second kappa shape index (κ2) is 8.57. The lowest BCUT2D eigenvalue weighted by Gasteiger charge is -2.41. The van der Waals surface area contributed by atoms with Gasteiger partial charge in [0, 0.05) is 17.7 Å². The molecule has 0 aromatic heterocycles. The maximum atomic E-state index is 10.9. The Hall–Kier alpha value is -0.830. The molecule has 0 unspecified atom stereocenters. The zero-order chi connectivity index (χ0) is 15.1. The van der Waals surface area contributed by atoms with Crippen LogP contribution in [0.4, 0.5) is 0 Å². The molecule has 3 heteroatoms. The van der Waals surface area contributed by atoms with Crippen LogP contribution in [-0.2, 0) is 4.79 Å². The van der Waals surface area contributed by atoms with Crippen molar-refractivity contribution in [2.45, 2.75) is 89.1 Å². The summed E-state index contributed by atoms with van der Waals surface area (Å²) in [5.74, 6) is -0.836. The molecule has 1 N–H and O–H groups in total. The zero-order valence-corrected chi connectivity index (χ0v) is 13.4. The number of carboxylic acid groups (broad SMARTS) is 1. The van der Waals surface area contributed by atoms with E-state index in [0.717, 1.165) is 25.0 Å². The van der Waals surface area contributed by atoms with Gasteiger partial charge < -0.3 is 5.11 Å². The maximum Gasteiger partial charge on any atom is 0.330 e. The van der Waals surface area contributed by atoms with Crippen molar-refractivity contribution in [3.8, 4) is 0 Å². The minimum Gasteiger partial charge on any atom is -0.478 e. The Balaban J connectivity index is 1.87. The lowest BCUT2D eigenvalue weighted by Crippen LogP contribution is -2.45. The van der Waals surface area contributed by atoms with Gasteiger partial charge in [-0.25, -0.2) is 4.79 Å². The predicted octanol–water partition coefficient (Wildman–Crippen LogP) is 4.37. The molecule has 0 amide bonds. The van der Waals surface area contributed by atoms with Gasteiger partial charge in [-0.1, -0.05) is 45.1 Å². The number of hydrogen-bond donors (Lipinski definition) is 1. The van der Waals surface area contributed by atoms with Gasteiger partial charge in [-0.05, 0) is 45.1 Å². The SMILES string of the molecule is C=C(CCCN(C1CCCCC1)C1CCCCC1)C(=O)O. The molecule has 2 fully saturated rings. The number of carbonyl (C=O) groups is 1. The molecule has 120 valence electrons. The molecule has 0 aromatic rings. The summed E-state index contributed by atoms with van der Waals surface area (Å²) < 4.78 is 0. The summed E-state index contributed by atoms with van der Waals surface area (Å²) in [5.41, 5.74) is 0.363. The van der Waals surface area contributed by atoms with Crippen LogP contribution in [0.15, 0.2) is 12.2 Å². The van der Waals surface area contributed by atoms with E-state index in [0.29, 0.717) is 12.0 Å². The number of nitrogens with zero attached hydrogens (tertiary/aromatic N) is 1. The molecule has 21 heavy (non-hydrogen) atoms. The quantitative estimate of drug-likeness (QED) is 0.708. The number of carboxylic acids is 1. The van der Waals surface area contributed by atoms with E-state index in [9.17, 15) is 4.79 Å². The van der Waals surface area contributed by atoms with E-state index >= 15 is 0 Å². The van der Waals surface area contributed by atoms with Crippen LogP contribution in [0.1, 0.15) is 77.0 Å². The summed E-state index contributed by atoms with van der Waals surface area (Å²) in [7, 11) is 0. The van der Waals surface area contributed by atoms with E-state index in [1.165, 1.54) is 64.2 Å². The molecule has 0 aliphatic heterocycles. The first-order chi connectivity index (χ1) is 10.2. The van der Waals surface area contributed by atoms with Crippen molar-refractivity contribution < 1.29 is 9.90 Å². The van der Waals surface area contributed by atoms with Crippen LogP contribution in [0.25, 0.3) is 0 Å². The predicted molar refractivity (Wildman–Crippen MR) is 86.5 cm³/mol. The summed E-state index contributed by atoms with van der Waals surface area (Å²) >= 11 is 0. The first kappa shape index (κ1) is 16.5. The highest BCUT2D eigenvalue weighted by molar-refractivity contribution is 5.85. The summed E-state index contributed by atoms with van der Waals surface area (Å²) in [6.45, 7) is 4.72. The van der Waals surface area contributed by atoms with E-state index in [4.69, 9.17) is 5.11 Å². The molecule has 3 nitrogen and oxygen atoms in total. The lowest BCUT2D eigenvalue weighted by atomic mass is 9.88. The van der Waals surface area contributed by atoms with Crippen molar-refractivity contribution >= 4 is 5.97 Å². The molecule has 0 atom stereocenters. The first-order valence-electron chi connectivity index (χ1n) is 8.85. The van der Waals surface area contributed by atoms with Crippen LogP contribution in [0.5, 0.6) is 0 Å². The van der Waals surface area contributed by atoms with Crippen molar-refractivity contribution in [1.29, 1.82) is 0 Å². The second-order valence-electron chi connectivity index (χ2n) is 6.83. The third-order valence-electron chi connectivity index (χ3n) is 5.28. The molecular weight excluding hydrogens is 262 g/mol. The molecule has 2 aliphatic carbocycles. The second-order valence-corrected chi connectivity index (χ2v) is 6.83. The standard InChI is InChI=1S/C18H31NO2/c1-15(18(20)21)9-8-14-19(16-10-4-2-5-11-16)17-12-6-3-7-13-17/h16-17H,1-14H2,(H,20,21). The minimum absolute atomic E-state index is 0.363. The van der Waals surface area contributed by atoms with Crippen molar-refractivity contribution in [2.24, 2.45) is 0 Å². The maximum absolute atomic E-state index is 10.9. The fourth-order valence-electron chi connectivity index (χ4n) is 4.07. The third kappa shape index (κ3) is 5.14. The minimum atomic E-state index is -0.836. The highest BCUT2D eigenvalue weighted by atomic mass is 16.4. The van der Waals surface area contributed by atoms with Crippen molar-refractivity contribution in [2.75, 3.05) is 6.54 Å². The van der Waals surface area contributed by atoms with Crippen LogP contribution < -0.4 is 0 Å². The van der Waals surface area contributed by atoms with Gasteiger partial charge in [-0.3, -0.25) is 4.90 Å². The fraction of sp³-hybridized carbons (Fsp3) is 0.833. The fourth-order valence-corrected chi connectivity index (χ4v) is 4.07. The third-order valence-corrected chi connectivity index (χ3v) is 5.28. The van der Waals surface area contributed by atoms with Gasteiger partial charge in [-0.2, -0.15) is 0 Å². The largest absolute Gasteiger partial charge is 0.478 e. The van der Waals surface area contributed by atoms with E-state index in [1.54, 1.807) is 0 Å². The first-order valence-corrected chi connectivity index (χ1v) is 8.85. The highest BCUT2D eigenvalue weighted by Crippen LogP contribution is 2.30. The Bertz CT molecular complexity index is 323. The average Bonchev–Trinajstić information content (AvgIpc) is 2.53. The van der Waals surface area contributed by atoms with Crippen LogP contribution >= 0.6 is 0 Å². The highest BCUT2D eigenvalue weighted by Gasteiger charge is 2.28. The molecule has 2 rings (SSSR count). The number of hydrogen-bond acceptors (Lipinski definition) is 2. The van der Waals surface area contributed by atoms with Crippen molar-refractivity contribution in [3.05, 3.63) is 12.2 Å². The van der Waals surface area contributed by atoms with Gasteiger partial charge in [0.2, 0.25) is 0 Å². The number of rotatable bonds is 7. The van der Waals surface area contributed by atoms with Crippen LogP contribution in [0.3, 0.4) is 0 Å². The Morgan fingerprint density at radius 1 is 0.952 bits per heavy atom. The Kier molecular flexibility index (Phi) is 6.75. The van der Waals surface area contributed by atoms with Gasteiger partial charge in [0.05, 0.1) is 0 Å². The van der Waals surface area contributed by atoms with Crippen LogP contribution in [0.2, 0.25) is 0 Å². The lowest BCUT2D eigenvalue weighted by molar-refractivity contribution is -0.132. The Morgan fingerprint density at radius 2 is 1.43 bits per heavy atom. The molecule has 2 aliphatic rings. The molecule has 2 saturated carbocycles. The van der Waals surface area contributed by atoms with E-state index < -0.39 is 5.97 Å². The molecule has 0 heterocycles. The molecule has 0 aromatic carbocycles. The summed E-state index contributed by atoms with van der Waals surface area (Å²) in [4.78, 5) is 13.6. The molecule has 0 spiro atoms. The molecular formula is C18H31NO2. The molecule has 0 bridgehead atoms. The topological polar surface area (TPSA) is 40.5 Å². The van der Waals surface area contributed by atoms with Gasteiger partial charge in [-0.15, -0.1) is 0 Å².